The van der Waals surface area contributed by atoms with Crippen LogP contribution in [0.25, 0.3) is 0 Å². The lowest BCUT2D eigenvalue weighted by Gasteiger charge is -2.58. The van der Waals surface area contributed by atoms with Crippen molar-refractivity contribution in [2.75, 3.05) is 6.61 Å². The highest BCUT2D eigenvalue weighted by Crippen LogP contribution is 2.67. The fourth-order valence-electron chi connectivity index (χ4n) is 8.34. The van der Waals surface area contributed by atoms with Crippen molar-refractivity contribution in [3.8, 4) is 0 Å². The Morgan fingerprint density at radius 1 is 1.03 bits per heavy atom. The smallest absolute Gasteiger partial charge is 0.0577 e. The van der Waals surface area contributed by atoms with Gasteiger partial charge >= 0.3 is 0 Å². The van der Waals surface area contributed by atoms with E-state index in [9.17, 15) is 10.2 Å². The highest BCUT2D eigenvalue weighted by atomic mass is 16.3. The number of hydrogen-bond acceptors (Lipinski definition) is 2. The van der Waals surface area contributed by atoms with Gasteiger partial charge in [0.2, 0.25) is 0 Å². The Balaban J connectivity index is 1.55. The van der Waals surface area contributed by atoms with E-state index in [1.807, 2.05) is 0 Å². The second kappa shape index (κ2) is 8.39. The van der Waals surface area contributed by atoms with E-state index in [4.69, 9.17) is 0 Å². The lowest BCUT2D eigenvalue weighted by atomic mass is 9.46. The summed E-state index contributed by atoms with van der Waals surface area (Å²) in [6, 6.07) is 0. The van der Waals surface area contributed by atoms with Crippen molar-refractivity contribution < 1.29 is 10.2 Å². The Hall–Kier alpha value is -0.600. The summed E-state index contributed by atoms with van der Waals surface area (Å²) < 4.78 is 0. The zero-order valence-electron chi connectivity index (χ0n) is 20.1. The molecule has 0 aromatic carbocycles. The van der Waals surface area contributed by atoms with Gasteiger partial charge in [-0.1, -0.05) is 58.4 Å². The Bertz CT molecular complexity index is 678. The van der Waals surface area contributed by atoms with Gasteiger partial charge in [-0.15, -0.1) is 0 Å². The fourth-order valence-corrected chi connectivity index (χ4v) is 8.34. The molecule has 0 amide bonds. The molecule has 0 aliphatic heterocycles. The average Bonchev–Trinajstić information content (AvgIpc) is 3.08. The number of aliphatic hydroxyl groups excluding tert-OH is 2. The Kier molecular flexibility index (Phi) is 6.32. The van der Waals surface area contributed by atoms with Gasteiger partial charge in [0.15, 0.2) is 0 Å². The molecule has 3 unspecified atom stereocenters. The summed E-state index contributed by atoms with van der Waals surface area (Å²) in [6.07, 6.45) is 16.4. The molecule has 0 spiro atoms. The molecule has 170 valence electrons. The minimum atomic E-state index is -0.196. The first kappa shape index (κ1) is 22.6. The lowest BCUT2D eigenvalue weighted by Crippen LogP contribution is -2.53. The van der Waals surface area contributed by atoms with Crippen LogP contribution in [0.15, 0.2) is 23.8 Å². The van der Waals surface area contributed by atoms with Gasteiger partial charge in [-0.3, -0.25) is 0 Å². The second-order valence-corrected chi connectivity index (χ2v) is 12.1. The summed E-state index contributed by atoms with van der Waals surface area (Å²) in [7, 11) is 0. The highest BCUT2D eigenvalue weighted by molar-refractivity contribution is 5.26. The standard InChI is InChI=1S/C28H46O2/c1-18(2)19(3)6-7-20(4)24-10-11-25-23-9-8-21-16-22(30)12-15-28(21,17-29)26(23)13-14-27(24,25)5/h6-8,18-20,22-26,29-30H,9-17H2,1-5H3/b7-6+/t19-,20+,22-,23?,24+,25?,26?,27+,28+/m0/s1. The summed E-state index contributed by atoms with van der Waals surface area (Å²) in [6.45, 7) is 12.3. The zero-order chi connectivity index (χ0) is 21.7. The molecule has 0 bridgehead atoms. The van der Waals surface area contributed by atoms with Crippen LogP contribution in [-0.2, 0) is 0 Å². The quantitative estimate of drug-likeness (QED) is 0.512. The van der Waals surface area contributed by atoms with E-state index in [0.29, 0.717) is 29.1 Å². The van der Waals surface area contributed by atoms with E-state index >= 15 is 0 Å². The van der Waals surface area contributed by atoms with Crippen molar-refractivity contribution >= 4 is 0 Å². The first-order valence-corrected chi connectivity index (χ1v) is 12.9. The summed E-state index contributed by atoms with van der Waals surface area (Å²) in [5, 5.41) is 20.8. The van der Waals surface area contributed by atoms with Gasteiger partial charge in [-0.2, -0.15) is 0 Å². The van der Waals surface area contributed by atoms with Gasteiger partial charge in [0.05, 0.1) is 12.7 Å². The largest absolute Gasteiger partial charge is 0.395 e. The maximum Gasteiger partial charge on any atom is 0.0577 e. The van der Waals surface area contributed by atoms with Crippen LogP contribution in [0, 0.1) is 52.3 Å². The third kappa shape index (κ3) is 3.54. The molecule has 0 aromatic heterocycles. The summed E-state index contributed by atoms with van der Waals surface area (Å²) in [5.41, 5.74) is 1.81. The van der Waals surface area contributed by atoms with E-state index in [1.165, 1.54) is 37.7 Å². The van der Waals surface area contributed by atoms with Crippen molar-refractivity contribution in [2.45, 2.75) is 92.1 Å². The van der Waals surface area contributed by atoms with Crippen molar-refractivity contribution in [1.82, 2.24) is 0 Å². The van der Waals surface area contributed by atoms with Crippen molar-refractivity contribution in [3.63, 3.8) is 0 Å². The summed E-state index contributed by atoms with van der Waals surface area (Å²) in [5.74, 6) is 4.97. The van der Waals surface area contributed by atoms with Crippen molar-refractivity contribution in [3.05, 3.63) is 23.8 Å². The van der Waals surface area contributed by atoms with Crippen LogP contribution >= 0.6 is 0 Å². The number of fused-ring (bicyclic) bond motifs is 5. The first-order valence-electron chi connectivity index (χ1n) is 12.9. The summed E-state index contributed by atoms with van der Waals surface area (Å²) in [4.78, 5) is 0. The van der Waals surface area contributed by atoms with E-state index in [2.05, 4.69) is 52.8 Å². The first-order chi connectivity index (χ1) is 14.2. The lowest BCUT2D eigenvalue weighted by molar-refractivity contribution is -0.0774. The number of aliphatic hydroxyl groups is 2. The number of hydrogen-bond donors (Lipinski definition) is 2. The molecule has 4 rings (SSSR count). The third-order valence-corrected chi connectivity index (χ3v) is 10.6. The van der Waals surface area contributed by atoms with Crippen molar-refractivity contribution in [1.29, 1.82) is 0 Å². The van der Waals surface area contributed by atoms with Crippen LogP contribution in [0.2, 0.25) is 0 Å². The number of allylic oxidation sites excluding steroid dienone is 3. The van der Waals surface area contributed by atoms with Crippen LogP contribution < -0.4 is 0 Å². The maximum absolute atomic E-state index is 10.6. The monoisotopic (exact) mass is 414 g/mol. The Morgan fingerprint density at radius 3 is 2.50 bits per heavy atom. The van der Waals surface area contributed by atoms with Crippen LogP contribution in [-0.4, -0.2) is 22.9 Å². The summed E-state index contributed by atoms with van der Waals surface area (Å²) >= 11 is 0. The van der Waals surface area contributed by atoms with Crippen molar-refractivity contribution in [2.24, 2.45) is 52.3 Å². The molecule has 3 fully saturated rings. The molecule has 4 aliphatic rings. The molecule has 3 saturated carbocycles. The van der Waals surface area contributed by atoms with E-state index in [0.717, 1.165) is 37.0 Å². The minimum absolute atomic E-state index is 0.0280. The van der Waals surface area contributed by atoms with Crippen LogP contribution in [0.3, 0.4) is 0 Å². The molecular formula is C28H46O2. The topological polar surface area (TPSA) is 40.5 Å². The van der Waals surface area contributed by atoms with E-state index in [1.54, 1.807) is 0 Å². The predicted octanol–water partition coefficient (Wildman–Crippen LogP) is 6.38. The van der Waals surface area contributed by atoms with Gasteiger partial charge < -0.3 is 10.2 Å². The molecule has 0 heterocycles. The number of rotatable bonds is 5. The molecule has 2 nitrogen and oxygen atoms in total. The highest BCUT2D eigenvalue weighted by Gasteiger charge is 2.60. The van der Waals surface area contributed by atoms with Gasteiger partial charge in [0.1, 0.15) is 0 Å². The zero-order valence-corrected chi connectivity index (χ0v) is 20.1. The normalized spacial score (nSPS) is 45.6. The molecule has 0 aromatic rings. The molecule has 2 N–H and O–H groups in total. The average molecular weight is 415 g/mol. The SMILES string of the molecule is CC(C)[C@@H](C)/C=C/[C@@H](C)[C@H]1CCC2C3CC=C4C[C@@H](O)CC[C@]4(CO)C3CC[C@@]21C. The van der Waals surface area contributed by atoms with E-state index < -0.39 is 0 Å². The van der Waals surface area contributed by atoms with Crippen LogP contribution in [0.1, 0.15) is 86.0 Å². The van der Waals surface area contributed by atoms with E-state index in [-0.39, 0.29) is 18.1 Å². The molecule has 9 atom stereocenters. The maximum atomic E-state index is 10.6. The molecule has 0 radical (unpaired) electrons. The van der Waals surface area contributed by atoms with Gasteiger partial charge in [-0.25, -0.2) is 0 Å². The molecule has 0 saturated heterocycles. The molecule has 30 heavy (non-hydrogen) atoms. The second-order valence-electron chi connectivity index (χ2n) is 12.1. The molecule has 2 heteroatoms. The third-order valence-electron chi connectivity index (χ3n) is 10.6. The molecule has 4 aliphatic carbocycles. The Morgan fingerprint density at radius 2 is 1.80 bits per heavy atom. The van der Waals surface area contributed by atoms with Crippen LogP contribution in [0.5, 0.6) is 0 Å². The van der Waals surface area contributed by atoms with Gasteiger partial charge in [-0.05, 0) is 98.2 Å². The van der Waals surface area contributed by atoms with Gasteiger partial charge in [0, 0.05) is 5.41 Å². The van der Waals surface area contributed by atoms with Gasteiger partial charge in [0.25, 0.3) is 0 Å². The minimum Gasteiger partial charge on any atom is -0.395 e. The fraction of sp³-hybridized carbons (Fsp3) is 0.857. The molecular weight excluding hydrogens is 368 g/mol. The predicted molar refractivity (Wildman–Crippen MR) is 125 cm³/mol. The Labute approximate surface area is 185 Å². The van der Waals surface area contributed by atoms with Crippen LogP contribution in [0.4, 0.5) is 0 Å².